The first-order chi connectivity index (χ1) is 6.33. The van der Waals surface area contributed by atoms with E-state index in [1.807, 2.05) is 6.08 Å². The van der Waals surface area contributed by atoms with E-state index in [0.29, 0.717) is 0 Å². The van der Waals surface area contributed by atoms with Crippen LogP contribution in [0.25, 0.3) is 0 Å². The summed E-state index contributed by atoms with van der Waals surface area (Å²) in [5.41, 5.74) is 2.84. The fourth-order valence-corrected chi connectivity index (χ4v) is 1.75. The van der Waals surface area contributed by atoms with Gasteiger partial charge in [0.15, 0.2) is 0 Å². The van der Waals surface area contributed by atoms with Crippen molar-refractivity contribution < 1.29 is 4.74 Å². The van der Waals surface area contributed by atoms with Crippen LogP contribution in [-0.2, 0) is 4.74 Å². The fraction of sp³-hybridized carbons (Fsp3) is 0.800. The van der Waals surface area contributed by atoms with Gasteiger partial charge >= 0.3 is 0 Å². The summed E-state index contributed by atoms with van der Waals surface area (Å²) in [5, 5.41) is 0. The molecular formula is C10H20N2O. The molecule has 13 heavy (non-hydrogen) atoms. The highest BCUT2D eigenvalue weighted by atomic mass is 16.5. The van der Waals surface area contributed by atoms with Crippen LogP contribution in [0.3, 0.4) is 0 Å². The van der Waals surface area contributed by atoms with Gasteiger partial charge in [-0.15, -0.1) is 6.58 Å². The van der Waals surface area contributed by atoms with E-state index in [0.717, 1.165) is 18.8 Å². The van der Waals surface area contributed by atoms with Crippen LogP contribution in [-0.4, -0.2) is 19.3 Å². The second-order valence-corrected chi connectivity index (χ2v) is 3.68. The first-order valence-electron chi connectivity index (χ1n) is 4.93. The zero-order valence-electron chi connectivity index (χ0n) is 8.33. The molecule has 0 aliphatic heterocycles. The molecule has 2 atom stereocenters. The summed E-state index contributed by atoms with van der Waals surface area (Å²) in [6, 6.07) is 0.274. The lowest BCUT2D eigenvalue weighted by Crippen LogP contribution is -2.45. The zero-order chi connectivity index (χ0) is 9.68. The zero-order valence-corrected chi connectivity index (χ0v) is 8.33. The monoisotopic (exact) mass is 184 g/mol. The maximum atomic E-state index is 5.49. The average Bonchev–Trinajstić information content (AvgIpc) is 2.95. The molecule has 76 valence electrons. The average molecular weight is 184 g/mol. The predicted molar refractivity (Wildman–Crippen MR) is 54.1 cm³/mol. The van der Waals surface area contributed by atoms with E-state index < -0.39 is 0 Å². The minimum absolute atomic E-state index is 0.274. The number of hydrogen-bond acceptors (Lipinski definition) is 3. The van der Waals surface area contributed by atoms with Gasteiger partial charge in [0.05, 0.1) is 6.10 Å². The van der Waals surface area contributed by atoms with Crippen molar-refractivity contribution in [3.8, 4) is 0 Å². The van der Waals surface area contributed by atoms with Crippen molar-refractivity contribution in [1.82, 2.24) is 5.43 Å². The van der Waals surface area contributed by atoms with Crippen LogP contribution < -0.4 is 11.3 Å². The number of hydrogen-bond donors (Lipinski definition) is 2. The van der Waals surface area contributed by atoms with Gasteiger partial charge < -0.3 is 4.74 Å². The number of allylic oxidation sites excluding steroid dienone is 1. The highest BCUT2D eigenvalue weighted by Gasteiger charge is 2.35. The summed E-state index contributed by atoms with van der Waals surface area (Å²) in [4.78, 5) is 0. The van der Waals surface area contributed by atoms with Gasteiger partial charge in [0, 0.05) is 13.2 Å². The van der Waals surface area contributed by atoms with Gasteiger partial charge in [0.25, 0.3) is 0 Å². The maximum absolute atomic E-state index is 5.49. The quantitative estimate of drug-likeness (QED) is 0.355. The Hall–Kier alpha value is -0.380. The van der Waals surface area contributed by atoms with Crippen LogP contribution in [0, 0.1) is 5.92 Å². The van der Waals surface area contributed by atoms with Crippen molar-refractivity contribution in [3.63, 3.8) is 0 Å². The molecule has 0 amide bonds. The Kier molecular flexibility index (Phi) is 4.42. The molecule has 1 fully saturated rings. The standard InChI is InChI=1S/C10H20N2O/c1-3-4-5-9(12-11)10(13-2)8-6-7-8/h3,8-10,12H,1,4-7,11H2,2H3. The number of hydrazine groups is 1. The van der Waals surface area contributed by atoms with E-state index in [1.165, 1.54) is 12.8 Å². The molecule has 3 heteroatoms. The van der Waals surface area contributed by atoms with E-state index in [-0.39, 0.29) is 12.1 Å². The summed E-state index contributed by atoms with van der Waals surface area (Å²) < 4.78 is 5.45. The topological polar surface area (TPSA) is 47.3 Å². The van der Waals surface area contributed by atoms with E-state index in [9.17, 15) is 0 Å². The molecule has 0 aromatic heterocycles. The number of nitrogens with one attached hydrogen (secondary N) is 1. The van der Waals surface area contributed by atoms with Gasteiger partial charge in [-0.25, -0.2) is 0 Å². The molecule has 0 heterocycles. The lowest BCUT2D eigenvalue weighted by Gasteiger charge is -2.24. The van der Waals surface area contributed by atoms with Crippen molar-refractivity contribution in [2.24, 2.45) is 11.8 Å². The van der Waals surface area contributed by atoms with Crippen LogP contribution in [0.2, 0.25) is 0 Å². The summed E-state index contributed by atoms with van der Waals surface area (Å²) in [7, 11) is 1.77. The summed E-state index contributed by atoms with van der Waals surface area (Å²) in [6.07, 6.45) is 6.76. The van der Waals surface area contributed by atoms with Crippen molar-refractivity contribution >= 4 is 0 Å². The van der Waals surface area contributed by atoms with Gasteiger partial charge in [-0.3, -0.25) is 11.3 Å². The lowest BCUT2D eigenvalue weighted by atomic mass is 10.0. The molecule has 1 aliphatic carbocycles. The van der Waals surface area contributed by atoms with Crippen LogP contribution >= 0.6 is 0 Å². The minimum atomic E-state index is 0.274. The Morgan fingerprint density at radius 3 is 2.77 bits per heavy atom. The van der Waals surface area contributed by atoms with Crippen LogP contribution in [0.15, 0.2) is 12.7 Å². The third-order valence-corrected chi connectivity index (χ3v) is 2.65. The Bertz CT molecular complexity index is 157. The normalized spacial score (nSPS) is 21.1. The number of ether oxygens (including phenoxy) is 1. The Morgan fingerprint density at radius 2 is 2.38 bits per heavy atom. The predicted octanol–water partition coefficient (Wildman–Crippen LogP) is 1.21. The van der Waals surface area contributed by atoms with E-state index in [4.69, 9.17) is 10.6 Å². The van der Waals surface area contributed by atoms with Crippen molar-refractivity contribution in [2.45, 2.75) is 37.8 Å². The smallest absolute Gasteiger partial charge is 0.0765 e. The van der Waals surface area contributed by atoms with Gasteiger partial charge in [-0.05, 0) is 31.6 Å². The van der Waals surface area contributed by atoms with Crippen LogP contribution in [0.5, 0.6) is 0 Å². The van der Waals surface area contributed by atoms with Crippen LogP contribution in [0.1, 0.15) is 25.7 Å². The van der Waals surface area contributed by atoms with Crippen molar-refractivity contribution in [1.29, 1.82) is 0 Å². The third kappa shape index (κ3) is 3.10. The largest absolute Gasteiger partial charge is 0.379 e. The third-order valence-electron chi connectivity index (χ3n) is 2.65. The van der Waals surface area contributed by atoms with Gasteiger partial charge in [-0.1, -0.05) is 6.08 Å². The molecule has 0 aromatic carbocycles. The molecule has 2 unspecified atom stereocenters. The molecule has 0 aromatic rings. The molecule has 0 radical (unpaired) electrons. The van der Waals surface area contributed by atoms with E-state index >= 15 is 0 Å². The number of rotatable bonds is 7. The Labute approximate surface area is 80.3 Å². The van der Waals surface area contributed by atoms with Gasteiger partial charge in [0.2, 0.25) is 0 Å². The van der Waals surface area contributed by atoms with Crippen molar-refractivity contribution in [2.75, 3.05) is 7.11 Å². The molecule has 0 spiro atoms. The number of nitrogens with two attached hydrogens (primary N) is 1. The summed E-state index contributed by atoms with van der Waals surface area (Å²) in [5.74, 6) is 6.21. The van der Waals surface area contributed by atoms with Crippen LogP contribution in [0.4, 0.5) is 0 Å². The van der Waals surface area contributed by atoms with Gasteiger partial charge in [-0.2, -0.15) is 0 Å². The maximum Gasteiger partial charge on any atom is 0.0765 e. The Morgan fingerprint density at radius 1 is 1.69 bits per heavy atom. The molecule has 3 nitrogen and oxygen atoms in total. The lowest BCUT2D eigenvalue weighted by molar-refractivity contribution is 0.0487. The first-order valence-corrected chi connectivity index (χ1v) is 4.93. The van der Waals surface area contributed by atoms with E-state index in [1.54, 1.807) is 7.11 Å². The molecular weight excluding hydrogens is 164 g/mol. The SMILES string of the molecule is C=CCCC(NN)C(OC)C1CC1. The van der Waals surface area contributed by atoms with Crippen molar-refractivity contribution in [3.05, 3.63) is 12.7 Å². The molecule has 0 bridgehead atoms. The second kappa shape index (κ2) is 5.37. The highest BCUT2D eigenvalue weighted by molar-refractivity contribution is 4.90. The van der Waals surface area contributed by atoms with Gasteiger partial charge in [0.1, 0.15) is 0 Å². The molecule has 1 saturated carbocycles. The molecule has 0 saturated heterocycles. The van der Waals surface area contributed by atoms with E-state index in [2.05, 4.69) is 12.0 Å². The minimum Gasteiger partial charge on any atom is -0.379 e. The summed E-state index contributed by atoms with van der Waals surface area (Å²) >= 11 is 0. The highest BCUT2D eigenvalue weighted by Crippen LogP contribution is 2.36. The fourth-order valence-electron chi connectivity index (χ4n) is 1.75. The Balaban J connectivity index is 2.36. The second-order valence-electron chi connectivity index (χ2n) is 3.68. The molecule has 3 N–H and O–H groups in total. The molecule has 1 aliphatic rings. The first kappa shape index (κ1) is 10.7. The number of methoxy groups -OCH3 is 1. The molecule has 1 rings (SSSR count). The summed E-state index contributed by atoms with van der Waals surface area (Å²) in [6.45, 7) is 3.70.